The first-order valence-electron chi connectivity index (χ1n) is 11.0. The first-order chi connectivity index (χ1) is 15.4. The Balaban J connectivity index is 1.58. The third-order valence-electron chi connectivity index (χ3n) is 6.35. The van der Waals surface area contributed by atoms with Crippen molar-refractivity contribution in [3.05, 3.63) is 94.5 Å². The fourth-order valence-electron chi connectivity index (χ4n) is 4.69. The van der Waals surface area contributed by atoms with Crippen LogP contribution in [-0.4, -0.2) is 6.61 Å². The van der Waals surface area contributed by atoms with E-state index in [4.69, 9.17) is 16.3 Å². The summed E-state index contributed by atoms with van der Waals surface area (Å²) < 4.78 is 46.9. The molecule has 0 radical (unpaired) electrons. The van der Waals surface area contributed by atoms with E-state index in [1.165, 1.54) is 18.1 Å². The second kappa shape index (κ2) is 9.68. The molecule has 168 valence electrons. The molecule has 1 fully saturated rings. The average Bonchev–Trinajstić information content (AvgIpc) is 2.80. The highest BCUT2D eigenvalue weighted by molar-refractivity contribution is 6.33. The number of rotatable bonds is 6. The van der Waals surface area contributed by atoms with Crippen molar-refractivity contribution in [1.82, 2.24) is 0 Å². The minimum absolute atomic E-state index is 0.0767. The van der Waals surface area contributed by atoms with E-state index in [0.29, 0.717) is 28.3 Å². The van der Waals surface area contributed by atoms with Gasteiger partial charge in [0.2, 0.25) is 0 Å². The summed E-state index contributed by atoms with van der Waals surface area (Å²) in [6.45, 7) is 0.616. The maximum atomic E-state index is 13.6. The smallest absolute Gasteiger partial charge is 0.376 e. The number of hydrogen-bond donors (Lipinski definition) is 0. The molecule has 3 aromatic carbocycles. The van der Waals surface area contributed by atoms with E-state index < -0.39 is 11.7 Å². The normalized spacial score (nSPS) is 16.1. The van der Waals surface area contributed by atoms with Crippen molar-refractivity contribution in [3.8, 4) is 11.1 Å². The van der Waals surface area contributed by atoms with Crippen molar-refractivity contribution in [1.29, 1.82) is 0 Å². The molecule has 4 rings (SSSR count). The van der Waals surface area contributed by atoms with E-state index in [1.54, 1.807) is 30.3 Å². The predicted molar refractivity (Wildman–Crippen MR) is 123 cm³/mol. The van der Waals surface area contributed by atoms with Gasteiger partial charge in [-0.25, -0.2) is 0 Å². The quantitative estimate of drug-likeness (QED) is 0.360. The minimum atomic E-state index is -4.44. The maximum Gasteiger partial charge on any atom is 0.416 e. The number of halogens is 4. The van der Waals surface area contributed by atoms with Crippen LogP contribution in [-0.2, 0) is 22.9 Å². The summed E-state index contributed by atoms with van der Waals surface area (Å²) in [6, 6.07) is 21.3. The second-order valence-corrected chi connectivity index (χ2v) is 9.00. The van der Waals surface area contributed by atoms with Crippen LogP contribution in [0.25, 0.3) is 11.1 Å². The van der Waals surface area contributed by atoms with E-state index in [0.717, 1.165) is 31.7 Å². The first-order valence-corrected chi connectivity index (χ1v) is 11.3. The van der Waals surface area contributed by atoms with Crippen LogP contribution in [0.3, 0.4) is 0 Å². The minimum Gasteiger partial charge on any atom is -0.376 e. The Bertz CT molecular complexity index is 1040. The van der Waals surface area contributed by atoms with Gasteiger partial charge in [-0.05, 0) is 53.8 Å². The van der Waals surface area contributed by atoms with Crippen molar-refractivity contribution in [2.45, 2.75) is 50.3 Å². The number of hydrogen-bond acceptors (Lipinski definition) is 1. The van der Waals surface area contributed by atoms with Crippen LogP contribution in [0.5, 0.6) is 0 Å². The summed E-state index contributed by atoms with van der Waals surface area (Å²) in [5.74, 6) is 0. The zero-order valence-electron chi connectivity index (χ0n) is 17.8. The molecule has 5 heteroatoms. The molecule has 0 heterocycles. The van der Waals surface area contributed by atoms with Gasteiger partial charge < -0.3 is 4.74 Å². The van der Waals surface area contributed by atoms with Crippen LogP contribution in [0, 0.1) is 0 Å². The van der Waals surface area contributed by atoms with Gasteiger partial charge in [-0.15, -0.1) is 0 Å². The van der Waals surface area contributed by atoms with E-state index in [2.05, 4.69) is 12.1 Å². The monoisotopic (exact) mass is 458 g/mol. The molecule has 32 heavy (non-hydrogen) atoms. The first kappa shape index (κ1) is 22.9. The number of benzene rings is 3. The fourth-order valence-corrected chi connectivity index (χ4v) is 4.94. The van der Waals surface area contributed by atoms with Gasteiger partial charge in [-0.3, -0.25) is 0 Å². The van der Waals surface area contributed by atoms with Crippen molar-refractivity contribution < 1.29 is 17.9 Å². The Hall–Kier alpha value is -2.30. The molecule has 0 aromatic heterocycles. The summed E-state index contributed by atoms with van der Waals surface area (Å²) in [7, 11) is 0. The van der Waals surface area contributed by atoms with Crippen molar-refractivity contribution in [2.24, 2.45) is 0 Å². The second-order valence-electron chi connectivity index (χ2n) is 8.60. The molecule has 0 unspecified atom stereocenters. The van der Waals surface area contributed by atoms with E-state index in [9.17, 15) is 13.2 Å². The van der Waals surface area contributed by atoms with Gasteiger partial charge in [-0.1, -0.05) is 79.4 Å². The number of alkyl halides is 3. The zero-order chi connectivity index (χ0) is 22.6. The van der Waals surface area contributed by atoms with Gasteiger partial charge in [-0.2, -0.15) is 13.2 Å². The Labute approximate surface area is 192 Å². The molecule has 1 aliphatic carbocycles. The fraction of sp³-hybridized carbons (Fsp3) is 0.333. The molecule has 0 bridgehead atoms. The van der Waals surface area contributed by atoms with Gasteiger partial charge in [0.05, 0.1) is 18.8 Å². The molecule has 0 spiro atoms. The topological polar surface area (TPSA) is 9.23 Å². The summed E-state index contributed by atoms with van der Waals surface area (Å²) >= 11 is 6.26. The highest BCUT2D eigenvalue weighted by atomic mass is 35.5. The van der Waals surface area contributed by atoms with Gasteiger partial charge in [0.25, 0.3) is 0 Å². The average molecular weight is 459 g/mol. The van der Waals surface area contributed by atoms with Crippen LogP contribution in [0.15, 0.2) is 72.8 Å². The van der Waals surface area contributed by atoms with Crippen molar-refractivity contribution in [3.63, 3.8) is 0 Å². The Kier molecular flexibility index (Phi) is 6.92. The van der Waals surface area contributed by atoms with Gasteiger partial charge in [0.15, 0.2) is 0 Å². The third kappa shape index (κ3) is 5.19. The van der Waals surface area contributed by atoms with Crippen LogP contribution >= 0.6 is 11.6 Å². The van der Waals surface area contributed by atoms with E-state index >= 15 is 0 Å². The molecular weight excluding hydrogens is 433 g/mol. The summed E-state index contributed by atoms with van der Waals surface area (Å²) in [5.41, 5.74) is 2.00. The van der Waals surface area contributed by atoms with Crippen molar-refractivity contribution in [2.75, 3.05) is 6.61 Å². The standard InChI is InChI=1S/C27H26ClF3O/c28-25-12-6-5-11-24(25)21-15-20(16-23(17-21)27(29,30)31)18-32-19-26(13-7-2-8-14-26)22-9-3-1-4-10-22/h1,3-6,9-12,15-17H,2,7-8,13-14,18-19H2. The Morgan fingerprint density at radius 2 is 1.53 bits per heavy atom. The summed E-state index contributed by atoms with van der Waals surface area (Å²) in [6.07, 6.45) is 1.11. The summed E-state index contributed by atoms with van der Waals surface area (Å²) in [5, 5.41) is 0.420. The van der Waals surface area contributed by atoms with E-state index in [-0.39, 0.29) is 12.0 Å². The highest BCUT2D eigenvalue weighted by Gasteiger charge is 2.34. The molecule has 0 amide bonds. The third-order valence-corrected chi connectivity index (χ3v) is 6.68. The largest absolute Gasteiger partial charge is 0.416 e. The molecule has 0 saturated heterocycles. The Morgan fingerprint density at radius 3 is 2.22 bits per heavy atom. The predicted octanol–water partition coefficient (Wildman–Crippen LogP) is 8.44. The number of ether oxygens (including phenoxy) is 1. The van der Waals surface area contributed by atoms with Crippen LogP contribution in [0.1, 0.15) is 48.8 Å². The molecule has 0 N–H and O–H groups in total. The molecule has 0 atom stereocenters. The van der Waals surface area contributed by atoms with Crippen LogP contribution < -0.4 is 0 Å². The molecular formula is C27H26ClF3O. The van der Waals surface area contributed by atoms with Crippen molar-refractivity contribution >= 4 is 11.6 Å². The highest BCUT2D eigenvalue weighted by Crippen LogP contribution is 2.40. The van der Waals surface area contributed by atoms with Gasteiger partial charge in [0, 0.05) is 16.0 Å². The van der Waals surface area contributed by atoms with E-state index in [1.807, 2.05) is 18.2 Å². The summed E-state index contributed by atoms with van der Waals surface area (Å²) in [4.78, 5) is 0. The van der Waals surface area contributed by atoms with Gasteiger partial charge >= 0.3 is 6.18 Å². The Morgan fingerprint density at radius 1 is 0.844 bits per heavy atom. The molecule has 1 aliphatic rings. The SMILES string of the molecule is FC(F)(F)c1cc(COCC2(c3ccccc3)CCCCC2)cc(-c2ccccc2Cl)c1. The molecule has 0 aliphatic heterocycles. The van der Waals surface area contributed by atoms with Crippen LogP contribution in [0.2, 0.25) is 5.02 Å². The zero-order valence-corrected chi connectivity index (χ0v) is 18.6. The maximum absolute atomic E-state index is 13.6. The van der Waals surface area contributed by atoms with Crippen LogP contribution in [0.4, 0.5) is 13.2 Å². The lowest BCUT2D eigenvalue weighted by molar-refractivity contribution is -0.137. The lowest BCUT2D eigenvalue weighted by Crippen LogP contribution is -2.34. The van der Waals surface area contributed by atoms with Gasteiger partial charge in [0.1, 0.15) is 0 Å². The molecule has 1 nitrogen and oxygen atoms in total. The molecule has 3 aromatic rings. The molecule has 1 saturated carbocycles. The lowest BCUT2D eigenvalue weighted by atomic mass is 9.70. The lowest BCUT2D eigenvalue weighted by Gasteiger charge is -2.37.